The Morgan fingerprint density at radius 3 is 2.41 bits per heavy atom. The molecule has 1 aromatic heterocycles. The van der Waals surface area contributed by atoms with E-state index >= 15 is 0 Å². The second-order valence-corrected chi connectivity index (χ2v) is 3.28. The van der Waals surface area contributed by atoms with Gasteiger partial charge in [-0.1, -0.05) is 0 Å². The number of rotatable bonds is 6. The standard InChI is InChI=1S/C9H14N6O2/c1-12-9-13-3-2-8(14-9)15(4-6(10)16)5-7(11)17/h2-3H,4-5H2,1H3,(H2,10,16)(H2,11,17)(H,12,13,14). The fourth-order valence-electron chi connectivity index (χ4n) is 1.24. The van der Waals surface area contributed by atoms with Crippen molar-refractivity contribution in [3.8, 4) is 0 Å². The minimum atomic E-state index is -0.573. The van der Waals surface area contributed by atoms with Gasteiger partial charge in [0.1, 0.15) is 5.82 Å². The van der Waals surface area contributed by atoms with Crippen molar-refractivity contribution in [2.75, 3.05) is 30.4 Å². The van der Waals surface area contributed by atoms with Crippen molar-refractivity contribution in [3.05, 3.63) is 12.3 Å². The number of hydrogen-bond donors (Lipinski definition) is 3. The highest BCUT2D eigenvalue weighted by Crippen LogP contribution is 2.10. The molecule has 2 amide bonds. The first-order valence-electron chi connectivity index (χ1n) is 4.85. The summed E-state index contributed by atoms with van der Waals surface area (Å²) in [5, 5.41) is 2.75. The minimum absolute atomic E-state index is 0.136. The fraction of sp³-hybridized carbons (Fsp3) is 0.333. The Labute approximate surface area is 98.0 Å². The maximum absolute atomic E-state index is 10.9. The molecule has 0 fully saturated rings. The normalized spacial score (nSPS) is 9.71. The number of nitrogens with zero attached hydrogens (tertiary/aromatic N) is 3. The Morgan fingerprint density at radius 1 is 1.35 bits per heavy atom. The van der Waals surface area contributed by atoms with Crippen molar-refractivity contribution < 1.29 is 9.59 Å². The van der Waals surface area contributed by atoms with E-state index in [-0.39, 0.29) is 13.1 Å². The van der Waals surface area contributed by atoms with Crippen molar-refractivity contribution in [1.29, 1.82) is 0 Å². The first kappa shape index (κ1) is 12.7. The van der Waals surface area contributed by atoms with Crippen LogP contribution in [0.4, 0.5) is 11.8 Å². The smallest absolute Gasteiger partial charge is 0.237 e. The largest absolute Gasteiger partial charge is 0.368 e. The predicted octanol–water partition coefficient (Wildman–Crippen LogP) is -1.70. The average Bonchev–Trinajstić information content (AvgIpc) is 2.27. The number of carbonyl (C=O) groups is 2. The maximum atomic E-state index is 10.9. The maximum Gasteiger partial charge on any atom is 0.237 e. The number of hydrogen-bond acceptors (Lipinski definition) is 6. The lowest BCUT2D eigenvalue weighted by Crippen LogP contribution is -2.40. The van der Waals surface area contributed by atoms with Crippen LogP contribution in [-0.2, 0) is 9.59 Å². The average molecular weight is 238 g/mol. The van der Waals surface area contributed by atoms with E-state index < -0.39 is 11.8 Å². The molecule has 0 aromatic carbocycles. The molecule has 1 aromatic rings. The molecule has 0 saturated carbocycles. The summed E-state index contributed by atoms with van der Waals surface area (Å²) in [4.78, 5) is 31.2. The number of amides is 2. The highest BCUT2D eigenvalue weighted by Gasteiger charge is 2.13. The summed E-state index contributed by atoms with van der Waals surface area (Å²) in [7, 11) is 1.66. The molecule has 1 rings (SSSR count). The summed E-state index contributed by atoms with van der Waals surface area (Å²) in [6.45, 7) is -0.272. The van der Waals surface area contributed by atoms with E-state index in [4.69, 9.17) is 11.5 Å². The molecule has 8 nitrogen and oxygen atoms in total. The van der Waals surface area contributed by atoms with Gasteiger partial charge in [-0.05, 0) is 6.07 Å². The SMILES string of the molecule is CNc1nccc(N(CC(N)=O)CC(N)=O)n1. The number of nitrogens with one attached hydrogen (secondary N) is 1. The van der Waals surface area contributed by atoms with E-state index in [2.05, 4.69) is 15.3 Å². The third kappa shape index (κ3) is 3.93. The van der Waals surface area contributed by atoms with E-state index in [9.17, 15) is 9.59 Å². The second kappa shape index (κ2) is 5.64. The molecule has 5 N–H and O–H groups in total. The van der Waals surface area contributed by atoms with E-state index in [1.165, 1.54) is 11.1 Å². The van der Waals surface area contributed by atoms with Gasteiger partial charge in [0.05, 0.1) is 13.1 Å². The third-order valence-electron chi connectivity index (χ3n) is 1.88. The zero-order chi connectivity index (χ0) is 12.8. The summed E-state index contributed by atoms with van der Waals surface area (Å²) in [6, 6.07) is 1.56. The fourth-order valence-corrected chi connectivity index (χ4v) is 1.24. The number of carbonyl (C=O) groups excluding carboxylic acids is 2. The Kier molecular flexibility index (Phi) is 4.21. The Morgan fingerprint density at radius 2 is 1.94 bits per heavy atom. The van der Waals surface area contributed by atoms with Crippen LogP contribution in [0.3, 0.4) is 0 Å². The van der Waals surface area contributed by atoms with Gasteiger partial charge in [-0.25, -0.2) is 4.98 Å². The number of aromatic nitrogens is 2. The van der Waals surface area contributed by atoms with Gasteiger partial charge in [0.25, 0.3) is 0 Å². The molecular formula is C9H14N6O2. The van der Waals surface area contributed by atoms with Crippen LogP contribution in [0.2, 0.25) is 0 Å². The predicted molar refractivity (Wildman–Crippen MR) is 62.2 cm³/mol. The van der Waals surface area contributed by atoms with Gasteiger partial charge in [-0.15, -0.1) is 0 Å². The van der Waals surface area contributed by atoms with Crippen LogP contribution < -0.4 is 21.7 Å². The lowest BCUT2D eigenvalue weighted by molar-refractivity contribution is -0.117. The molecule has 0 saturated heterocycles. The quantitative estimate of drug-likeness (QED) is 0.541. The number of nitrogens with two attached hydrogens (primary N) is 2. The summed E-state index contributed by atoms with van der Waals surface area (Å²) < 4.78 is 0. The molecule has 1 heterocycles. The Hall–Kier alpha value is -2.38. The van der Waals surface area contributed by atoms with Crippen molar-refractivity contribution in [3.63, 3.8) is 0 Å². The van der Waals surface area contributed by atoms with Crippen LogP contribution in [0.25, 0.3) is 0 Å². The number of primary amides is 2. The van der Waals surface area contributed by atoms with Gasteiger partial charge < -0.3 is 21.7 Å². The van der Waals surface area contributed by atoms with Crippen LogP contribution >= 0.6 is 0 Å². The Bertz CT molecular complexity index is 406. The molecule has 0 atom stereocenters. The van der Waals surface area contributed by atoms with Crippen LogP contribution in [0, 0.1) is 0 Å². The molecular weight excluding hydrogens is 224 g/mol. The van der Waals surface area contributed by atoms with Gasteiger partial charge in [-0.3, -0.25) is 9.59 Å². The van der Waals surface area contributed by atoms with Crippen LogP contribution in [0.15, 0.2) is 12.3 Å². The van der Waals surface area contributed by atoms with Gasteiger partial charge >= 0.3 is 0 Å². The van der Waals surface area contributed by atoms with E-state index in [1.54, 1.807) is 13.1 Å². The molecule has 0 bridgehead atoms. The van der Waals surface area contributed by atoms with Gasteiger partial charge in [0.2, 0.25) is 17.8 Å². The van der Waals surface area contributed by atoms with Crippen molar-refractivity contribution in [1.82, 2.24) is 9.97 Å². The molecule has 0 aliphatic carbocycles. The van der Waals surface area contributed by atoms with Crippen molar-refractivity contribution >= 4 is 23.6 Å². The zero-order valence-electron chi connectivity index (χ0n) is 9.38. The summed E-state index contributed by atoms with van der Waals surface area (Å²) in [5.74, 6) is -0.366. The molecule has 0 radical (unpaired) electrons. The van der Waals surface area contributed by atoms with Crippen LogP contribution in [-0.4, -0.2) is 41.9 Å². The summed E-state index contributed by atoms with van der Waals surface area (Å²) in [5.41, 5.74) is 10.2. The molecule has 8 heteroatoms. The van der Waals surface area contributed by atoms with Crippen LogP contribution in [0.5, 0.6) is 0 Å². The van der Waals surface area contributed by atoms with Crippen LogP contribution in [0.1, 0.15) is 0 Å². The first-order chi connectivity index (χ1) is 8.02. The highest BCUT2D eigenvalue weighted by atomic mass is 16.2. The first-order valence-corrected chi connectivity index (χ1v) is 4.85. The zero-order valence-corrected chi connectivity index (χ0v) is 9.38. The summed E-state index contributed by atoms with van der Waals surface area (Å²) in [6.07, 6.45) is 1.50. The second-order valence-electron chi connectivity index (χ2n) is 3.28. The molecule has 0 aliphatic heterocycles. The topological polar surface area (TPSA) is 127 Å². The Balaban J connectivity index is 2.94. The van der Waals surface area contributed by atoms with Gasteiger partial charge in [0.15, 0.2) is 0 Å². The highest BCUT2D eigenvalue weighted by molar-refractivity contribution is 5.84. The molecule has 17 heavy (non-hydrogen) atoms. The van der Waals surface area contributed by atoms with Crippen molar-refractivity contribution in [2.24, 2.45) is 11.5 Å². The lowest BCUT2D eigenvalue weighted by atomic mass is 10.4. The van der Waals surface area contributed by atoms with E-state index in [0.717, 1.165) is 0 Å². The van der Waals surface area contributed by atoms with Crippen molar-refractivity contribution in [2.45, 2.75) is 0 Å². The van der Waals surface area contributed by atoms with Gasteiger partial charge in [0, 0.05) is 13.2 Å². The molecule has 0 spiro atoms. The lowest BCUT2D eigenvalue weighted by Gasteiger charge is -2.20. The van der Waals surface area contributed by atoms with E-state index in [0.29, 0.717) is 11.8 Å². The monoisotopic (exact) mass is 238 g/mol. The molecule has 0 aliphatic rings. The summed E-state index contributed by atoms with van der Waals surface area (Å²) >= 11 is 0. The minimum Gasteiger partial charge on any atom is -0.368 e. The number of anilines is 2. The molecule has 0 unspecified atom stereocenters. The van der Waals surface area contributed by atoms with Gasteiger partial charge in [-0.2, -0.15) is 4.98 Å². The third-order valence-corrected chi connectivity index (χ3v) is 1.88. The molecule has 92 valence electrons. The van der Waals surface area contributed by atoms with E-state index in [1.807, 2.05) is 0 Å².